The second-order valence-corrected chi connectivity index (χ2v) is 4.89. The molecule has 18 heavy (non-hydrogen) atoms. The van der Waals surface area contributed by atoms with Gasteiger partial charge in [-0.25, -0.2) is 4.39 Å². The van der Waals surface area contributed by atoms with Crippen LogP contribution in [0.5, 0.6) is 0 Å². The van der Waals surface area contributed by atoms with E-state index in [0.29, 0.717) is 43.7 Å². The third-order valence-electron chi connectivity index (χ3n) is 3.74. The van der Waals surface area contributed by atoms with Crippen molar-refractivity contribution in [2.45, 2.75) is 19.8 Å². The molecule has 1 aromatic rings. The van der Waals surface area contributed by atoms with Gasteiger partial charge in [-0.1, -0.05) is 0 Å². The van der Waals surface area contributed by atoms with E-state index in [1.54, 1.807) is 13.0 Å². The maximum Gasteiger partial charge on any atom is 0.170 e. The number of hydrogen-bond acceptors (Lipinski definition) is 3. The van der Waals surface area contributed by atoms with Crippen molar-refractivity contribution in [1.82, 2.24) is 0 Å². The molecule has 4 heteroatoms. The molecule has 0 atom stereocenters. The van der Waals surface area contributed by atoms with Crippen molar-refractivity contribution in [3.05, 3.63) is 35.1 Å². The van der Waals surface area contributed by atoms with Crippen molar-refractivity contribution in [3.63, 3.8) is 0 Å². The maximum atomic E-state index is 13.2. The number of ketones is 1. The minimum Gasteiger partial charge on any atom is -0.381 e. The van der Waals surface area contributed by atoms with Gasteiger partial charge >= 0.3 is 0 Å². The molecule has 1 aliphatic rings. The van der Waals surface area contributed by atoms with Crippen molar-refractivity contribution >= 4 is 5.78 Å². The smallest absolute Gasteiger partial charge is 0.170 e. The Bertz CT molecular complexity index is 453. The van der Waals surface area contributed by atoms with Gasteiger partial charge in [0.05, 0.1) is 5.41 Å². The highest BCUT2D eigenvalue weighted by Gasteiger charge is 2.39. The van der Waals surface area contributed by atoms with E-state index in [0.717, 1.165) is 0 Å². The molecular formula is C14H18FNO2. The molecule has 0 radical (unpaired) electrons. The molecule has 0 amide bonds. The van der Waals surface area contributed by atoms with Gasteiger partial charge in [0, 0.05) is 25.3 Å². The summed E-state index contributed by atoms with van der Waals surface area (Å²) in [5.41, 5.74) is 6.28. The third-order valence-corrected chi connectivity index (χ3v) is 3.74. The molecule has 1 aromatic carbocycles. The SMILES string of the molecule is Cc1cc(C(=O)C2(CN)CCOCC2)ccc1F. The quantitative estimate of drug-likeness (QED) is 0.837. The second-order valence-electron chi connectivity index (χ2n) is 4.89. The molecule has 1 aliphatic heterocycles. The van der Waals surface area contributed by atoms with Gasteiger partial charge in [-0.15, -0.1) is 0 Å². The fourth-order valence-electron chi connectivity index (χ4n) is 2.38. The summed E-state index contributed by atoms with van der Waals surface area (Å²) in [6.45, 7) is 3.09. The van der Waals surface area contributed by atoms with Gasteiger partial charge in [-0.05, 0) is 43.5 Å². The Morgan fingerprint density at radius 2 is 2.11 bits per heavy atom. The average molecular weight is 251 g/mol. The van der Waals surface area contributed by atoms with E-state index in [-0.39, 0.29) is 11.6 Å². The summed E-state index contributed by atoms with van der Waals surface area (Å²) in [6, 6.07) is 4.48. The molecule has 1 fully saturated rings. The minimum absolute atomic E-state index is 0.0106. The number of aryl methyl sites for hydroxylation is 1. The Morgan fingerprint density at radius 3 is 2.67 bits per heavy atom. The summed E-state index contributed by atoms with van der Waals surface area (Å²) in [7, 11) is 0. The van der Waals surface area contributed by atoms with Crippen molar-refractivity contribution in [3.8, 4) is 0 Å². The van der Waals surface area contributed by atoms with E-state index in [9.17, 15) is 9.18 Å². The molecule has 2 rings (SSSR count). The molecule has 0 saturated carbocycles. The van der Waals surface area contributed by atoms with Gasteiger partial charge in [-0.3, -0.25) is 4.79 Å². The summed E-state index contributed by atoms with van der Waals surface area (Å²) >= 11 is 0. The monoisotopic (exact) mass is 251 g/mol. The molecule has 2 N–H and O–H groups in total. The lowest BCUT2D eigenvalue weighted by atomic mass is 9.74. The summed E-state index contributed by atoms with van der Waals surface area (Å²) in [4.78, 5) is 12.6. The standard InChI is InChI=1S/C14H18FNO2/c1-10-8-11(2-3-12(10)15)13(17)14(9-16)4-6-18-7-5-14/h2-3,8H,4-7,9,16H2,1H3. The highest BCUT2D eigenvalue weighted by Crippen LogP contribution is 2.33. The number of benzene rings is 1. The normalized spacial score (nSPS) is 18.6. The lowest BCUT2D eigenvalue weighted by Gasteiger charge is -2.34. The van der Waals surface area contributed by atoms with Crippen LogP contribution in [0.1, 0.15) is 28.8 Å². The Morgan fingerprint density at radius 1 is 1.44 bits per heavy atom. The first-order chi connectivity index (χ1) is 8.59. The molecule has 0 spiro atoms. The molecule has 1 heterocycles. The van der Waals surface area contributed by atoms with Crippen LogP contribution >= 0.6 is 0 Å². The molecular weight excluding hydrogens is 233 g/mol. The summed E-state index contributed by atoms with van der Waals surface area (Å²) in [6.07, 6.45) is 1.28. The van der Waals surface area contributed by atoms with E-state index < -0.39 is 5.41 Å². The lowest BCUT2D eigenvalue weighted by molar-refractivity contribution is 0.0200. The van der Waals surface area contributed by atoms with Crippen LogP contribution in [-0.2, 0) is 4.74 Å². The lowest BCUT2D eigenvalue weighted by Crippen LogP contribution is -2.43. The summed E-state index contributed by atoms with van der Waals surface area (Å²) in [5.74, 6) is -0.281. The largest absolute Gasteiger partial charge is 0.381 e. The summed E-state index contributed by atoms with van der Waals surface area (Å²) < 4.78 is 18.5. The van der Waals surface area contributed by atoms with Crippen LogP contribution in [0.25, 0.3) is 0 Å². The van der Waals surface area contributed by atoms with Crippen LogP contribution in [-0.4, -0.2) is 25.5 Å². The van der Waals surface area contributed by atoms with E-state index in [2.05, 4.69) is 0 Å². The zero-order valence-corrected chi connectivity index (χ0v) is 10.5. The van der Waals surface area contributed by atoms with Crippen LogP contribution in [0.15, 0.2) is 18.2 Å². The number of carbonyl (C=O) groups is 1. The molecule has 0 aromatic heterocycles. The van der Waals surface area contributed by atoms with Gasteiger partial charge in [0.2, 0.25) is 0 Å². The van der Waals surface area contributed by atoms with Crippen LogP contribution in [0.3, 0.4) is 0 Å². The van der Waals surface area contributed by atoms with Crippen molar-refractivity contribution in [2.75, 3.05) is 19.8 Å². The zero-order valence-electron chi connectivity index (χ0n) is 10.5. The first-order valence-electron chi connectivity index (χ1n) is 6.18. The van der Waals surface area contributed by atoms with Crippen LogP contribution in [0, 0.1) is 18.2 Å². The number of halogens is 1. The molecule has 3 nitrogen and oxygen atoms in total. The van der Waals surface area contributed by atoms with E-state index in [1.807, 2.05) is 0 Å². The molecule has 98 valence electrons. The van der Waals surface area contributed by atoms with E-state index in [4.69, 9.17) is 10.5 Å². The number of rotatable bonds is 3. The van der Waals surface area contributed by atoms with Gasteiger partial charge in [0.15, 0.2) is 5.78 Å². The van der Waals surface area contributed by atoms with Gasteiger partial charge in [0.1, 0.15) is 5.82 Å². The van der Waals surface area contributed by atoms with E-state index in [1.165, 1.54) is 12.1 Å². The number of hydrogen-bond donors (Lipinski definition) is 1. The van der Waals surface area contributed by atoms with Crippen molar-refractivity contribution in [2.24, 2.45) is 11.1 Å². The first-order valence-corrected chi connectivity index (χ1v) is 6.18. The molecule has 1 saturated heterocycles. The first kappa shape index (κ1) is 13.2. The molecule has 0 unspecified atom stereocenters. The van der Waals surface area contributed by atoms with Gasteiger partial charge < -0.3 is 10.5 Å². The minimum atomic E-state index is -0.539. The zero-order chi connectivity index (χ0) is 13.2. The molecule has 0 aliphatic carbocycles. The van der Waals surface area contributed by atoms with Crippen LogP contribution < -0.4 is 5.73 Å². The Labute approximate surface area is 106 Å². The fourth-order valence-corrected chi connectivity index (χ4v) is 2.38. The Kier molecular flexibility index (Phi) is 3.78. The maximum absolute atomic E-state index is 13.2. The average Bonchev–Trinajstić information content (AvgIpc) is 2.42. The fraction of sp³-hybridized carbons (Fsp3) is 0.500. The van der Waals surface area contributed by atoms with Gasteiger partial charge in [0.25, 0.3) is 0 Å². The van der Waals surface area contributed by atoms with Crippen molar-refractivity contribution in [1.29, 1.82) is 0 Å². The van der Waals surface area contributed by atoms with E-state index >= 15 is 0 Å². The number of carbonyl (C=O) groups excluding carboxylic acids is 1. The molecule has 0 bridgehead atoms. The highest BCUT2D eigenvalue weighted by molar-refractivity contribution is 6.01. The summed E-state index contributed by atoms with van der Waals surface area (Å²) in [5, 5.41) is 0. The number of ether oxygens (including phenoxy) is 1. The topological polar surface area (TPSA) is 52.3 Å². The Hall–Kier alpha value is -1.26. The van der Waals surface area contributed by atoms with Crippen LogP contribution in [0.4, 0.5) is 4.39 Å². The number of nitrogens with two attached hydrogens (primary N) is 1. The predicted octanol–water partition coefficient (Wildman–Crippen LogP) is 2.07. The Balaban J connectivity index is 2.30. The predicted molar refractivity (Wildman–Crippen MR) is 67.0 cm³/mol. The number of Topliss-reactive ketones (excluding diaryl/α,β-unsaturated/α-hetero) is 1. The van der Waals surface area contributed by atoms with Gasteiger partial charge in [-0.2, -0.15) is 0 Å². The van der Waals surface area contributed by atoms with Crippen molar-refractivity contribution < 1.29 is 13.9 Å². The third kappa shape index (κ3) is 2.31. The highest BCUT2D eigenvalue weighted by atomic mass is 19.1. The second kappa shape index (κ2) is 5.16. The van der Waals surface area contributed by atoms with Crippen LogP contribution in [0.2, 0.25) is 0 Å².